The number of urea groups is 1. The number of carbonyl (C=O) groups excluding carboxylic acids is 3. The second kappa shape index (κ2) is 8.10. The highest BCUT2D eigenvalue weighted by Gasteiger charge is 2.38. The number of aromatic nitrogens is 1. The topological polar surface area (TPSA) is 128 Å². The van der Waals surface area contributed by atoms with E-state index in [4.69, 9.17) is 0 Å². The van der Waals surface area contributed by atoms with Crippen molar-refractivity contribution in [1.29, 1.82) is 0 Å². The Hall–Kier alpha value is -2.88. The van der Waals surface area contributed by atoms with Crippen LogP contribution in [0.1, 0.15) is 24.8 Å². The minimum atomic E-state index is -3.07. The fourth-order valence-corrected chi connectivity index (χ4v) is 5.71. The molecule has 1 aromatic carbocycles. The summed E-state index contributed by atoms with van der Waals surface area (Å²) in [4.78, 5) is 41.3. The number of amides is 4. The summed E-state index contributed by atoms with van der Waals surface area (Å²) in [5, 5.41) is 6.40. The van der Waals surface area contributed by atoms with Crippen molar-refractivity contribution in [3.05, 3.63) is 36.0 Å². The standard InChI is InChI=1S/C20H24N4O5S/c25-18(22-14-8-10-30(28,29)12-14)6-5-17-19(26)24(20(27)23-17)9-7-13-11-21-16-4-2-1-3-15(13)16/h1-4,11,14,17,21H,5-10,12H2,(H,22,25)(H,23,27)/t14-,17-/m1/s1. The molecule has 0 spiro atoms. The Balaban J connectivity index is 1.28. The second-order valence-electron chi connectivity index (χ2n) is 7.81. The lowest BCUT2D eigenvalue weighted by Gasteiger charge is -2.13. The molecule has 1 aromatic heterocycles. The van der Waals surface area contributed by atoms with Crippen LogP contribution in [0.4, 0.5) is 4.79 Å². The van der Waals surface area contributed by atoms with Crippen molar-refractivity contribution in [2.24, 2.45) is 0 Å². The molecule has 2 aliphatic rings. The molecule has 2 aliphatic heterocycles. The highest BCUT2D eigenvalue weighted by Crippen LogP contribution is 2.20. The largest absolute Gasteiger partial charge is 0.361 e. The first-order valence-corrected chi connectivity index (χ1v) is 11.8. The van der Waals surface area contributed by atoms with Gasteiger partial charge in [-0.05, 0) is 30.9 Å². The third kappa shape index (κ3) is 4.33. The number of hydrogen-bond acceptors (Lipinski definition) is 5. The van der Waals surface area contributed by atoms with E-state index < -0.39 is 21.9 Å². The normalized spacial score (nSPS) is 23.1. The lowest BCUT2D eigenvalue weighted by atomic mass is 10.1. The molecule has 2 saturated heterocycles. The van der Waals surface area contributed by atoms with Gasteiger partial charge >= 0.3 is 6.03 Å². The van der Waals surface area contributed by atoms with Crippen LogP contribution in [0.5, 0.6) is 0 Å². The van der Waals surface area contributed by atoms with E-state index in [0.29, 0.717) is 12.8 Å². The first kappa shape index (κ1) is 20.4. The Bertz CT molecular complexity index is 1090. The summed E-state index contributed by atoms with van der Waals surface area (Å²) in [5.74, 6) is -0.604. The Labute approximate surface area is 174 Å². The lowest BCUT2D eigenvalue weighted by molar-refractivity contribution is -0.127. The Morgan fingerprint density at radius 3 is 2.80 bits per heavy atom. The molecule has 0 bridgehead atoms. The molecule has 4 amide bonds. The Kier molecular flexibility index (Phi) is 5.50. The first-order chi connectivity index (χ1) is 14.3. The zero-order valence-corrected chi connectivity index (χ0v) is 17.2. The van der Waals surface area contributed by atoms with E-state index in [1.807, 2.05) is 30.5 Å². The number of imide groups is 1. The van der Waals surface area contributed by atoms with Crippen molar-refractivity contribution in [3.8, 4) is 0 Å². The number of rotatable bonds is 7. The van der Waals surface area contributed by atoms with Gasteiger partial charge in [-0.3, -0.25) is 14.5 Å². The van der Waals surface area contributed by atoms with E-state index in [1.165, 1.54) is 4.90 Å². The average molecular weight is 433 g/mol. The van der Waals surface area contributed by atoms with Crippen molar-refractivity contribution in [3.63, 3.8) is 0 Å². The molecule has 30 heavy (non-hydrogen) atoms. The van der Waals surface area contributed by atoms with Crippen LogP contribution < -0.4 is 10.6 Å². The maximum Gasteiger partial charge on any atom is 0.324 e. The van der Waals surface area contributed by atoms with E-state index in [-0.39, 0.29) is 48.7 Å². The number of fused-ring (bicyclic) bond motifs is 1. The minimum Gasteiger partial charge on any atom is -0.361 e. The zero-order valence-electron chi connectivity index (χ0n) is 16.4. The summed E-state index contributed by atoms with van der Waals surface area (Å²) in [6, 6.07) is 6.27. The molecule has 2 aromatic rings. The van der Waals surface area contributed by atoms with Gasteiger partial charge in [-0.2, -0.15) is 0 Å². The number of benzene rings is 1. The summed E-state index contributed by atoms with van der Waals surface area (Å²) < 4.78 is 22.9. The SMILES string of the molecule is O=C(CC[C@H]1NC(=O)N(CCc2c[nH]c3ccccc23)C1=O)N[C@@H]1CCS(=O)(=O)C1. The summed E-state index contributed by atoms with van der Waals surface area (Å²) in [6.45, 7) is 0.259. The summed E-state index contributed by atoms with van der Waals surface area (Å²) >= 11 is 0. The Morgan fingerprint density at radius 2 is 2.03 bits per heavy atom. The number of nitrogens with one attached hydrogen (secondary N) is 3. The molecule has 4 rings (SSSR count). The van der Waals surface area contributed by atoms with Crippen molar-refractivity contribution in [1.82, 2.24) is 20.5 Å². The minimum absolute atomic E-state index is 0.0422. The molecule has 3 N–H and O–H groups in total. The predicted molar refractivity (Wildman–Crippen MR) is 110 cm³/mol. The molecular weight excluding hydrogens is 408 g/mol. The summed E-state index contributed by atoms with van der Waals surface area (Å²) in [5.41, 5.74) is 2.03. The third-order valence-corrected chi connectivity index (χ3v) is 7.41. The molecule has 0 radical (unpaired) electrons. The van der Waals surface area contributed by atoms with Crippen LogP contribution >= 0.6 is 0 Å². The van der Waals surface area contributed by atoms with Gasteiger partial charge in [0.25, 0.3) is 5.91 Å². The molecule has 0 unspecified atom stereocenters. The number of nitrogens with zero attached hydrogens (tertiary/aromatic N) is 1. The fraction of sp³-hybridized carbons (Fsp3) is 0.450. The molecule has 2 fully saturated rings. The molecule has 0 aliphatic carbocycles. The maximum absolute atomic E-state index is 12.6. The van der Waals surface area contributed by atoms with Crippen LogP contribution in [0.3, 0.4) is 0 Å². The Morgan fingerprint density at radius 1 is 1.23 bits per heavy atom. The lowest BCUT2D eigenvalue weighted by Crippen LogP contribution is -2.37. The molecule has 9 nitrogen and oxygen atoms in total. The number of aromatic amines is 1. The van der Waals surface area contributed by atoms with Crippen LogP contribution in [0.25, 0.3) is 10.9 Å². The summed E-state index contributed by atoms with van der Waals surface area (Å²) in [6.07, 6.45) is 3.05. The number of para-hydroxylation sites is 1. The highest BCUT2D eigenvalue weighted by molar-refractivity contribution is 7.91. The number of hydrogen-bond donors (Lipinski definition) is 3. The van der Waals surface area contributed by atoms with Gasteiger partial charge in [-0.1, -0.05) is 18.2 Å². The van der Waals surface area contributed by atoms with Crippen LogP contribution in [0, 0.1) is 0 Å². The van der Waals surface area contributed by atoms with Crippen LogP contribution in [-0.2, 0) is 25.8 Å². The quantitative estimate of drug-likeness (QED) is 0.555. The van der Waals surface area contributed by atoms with Gasteiger partial charge in [0, 0.05) is 36.1 Å². The predicted octanol–water partition coefficient (Wildman–Crippen LogP) is 0.714. The van der Waals surface area contributed by atoms with Crippen molar-refractivity contribution >= 4 is 38.6 Å². The van der Waals surface area contributed by atoms with Crippen molar-refractivity contribution in [2.45, 2.75) is 37.8 Å². The first-order valence-electron chi connectivity index (χ1n) is 9.99. The molecule has 3 heterocycles. The highest BCUT2D eigenvalue weighted by atomic mass is 32.2. The van der Waals surface area contributed by atoms with Crippen molar-refractivity contribution < 1.29 is 22.8 Å². The summed E-state index contributed by atoms with van der Waals surface area (Å²) in [7, 11) is -3.07. The van der Waals surface area contributed by atoms with Gasteiger partial charge in [0.2, 0.25) is 5.91 Å². The van der Waals surface area contributed by atoms with Crippen molar-refractivity contribution in [2.75, 3.05) is 18.1 Å². The van der Waals surface area contributed by atoms with Gasteiger partial charge in [-0.25, -0.2) is 13.2 Å². The van der Waals surface area contributed by atoms with E-state index in [2.05, 4.69) is 15.6 Å². The van der Waals surface area contributed by atoms with Crippen LogP contribution in [-0.4, -0.2) is 66.3 Å². The van der Waals surface area contributed by atoms with E-state index in [1.54, 1.807) is 0 Å². The molecular formula is C20H24N4O5S. The molecule has 0 saturated carbocycles. The zero-order chi connectivity index (χ0) is 21.3. The van der Waals surface area contributed by atoms with Gasteiger partial charge in [0.1, 0.15) is 6.04 Å². The molecule has 2 atom stereocenters. The number of H-pyrrole nitrogens is 1. The van der Waals surface area contributed by atoms with Gasteiger partial charge in [-0.15, -0.1) is 0 Å². The van der Waals surface area contributed by atoms with E-state index >= 15 is 0 Å². The molecule has 10 heteroatoms. The smallest absolute Gasteiger partial charge is 0.324 e. The van der Waals surface area contributed by atoms with Crippen LogP contribution in [0.15, 0.2) is 30.5 Å². The van der Waals surface area contributed by atoms with E-state index in [0.717, 1.165) is 16.5 Å². The second-order valence-corrected chi connectivity index (χ2v) is 10.0. The maximum atomic E-state index is 12.6. The van der Waals surface area contributed by atoms with Gasteiger partial charge < -0.3 is 15.6 Å². The van der Waals surface area contributed by atoms with Gasteiger partial charge in [0.05, 0.1) is 11.5 Å². The monoisotopic (exact) mass is 432 g/mol. The third-order valence-electron chi connectivity index (χ3n) is 5.64. The number of carbonyl (C=O) groups is 3. The number of sulfone groups is 1. The molecule has 160 valence electrons. The average Bonchev–Trinajstić information content (AvgIpc) is 3.35. The fourth-order valence-electron chi connectivity index (χ4n) is 4.04. The van der Waals surface area contributed by atoms with E-state index in [9.17, 15) is 22.8 Å². The van der Waals surface area contributed by atoms with Crippen LogP contribution in [0.2, 0.25) is 0 Å². The van der Waals surface area contributed by atoms with Gasteiger partial charge in [0.15, 0.2) is 9.84 Å².